The molecule has 2 rings (SSSR count). The SMILES string of the molecule is Cc1cc(C(=O)NC2(C(=O)O)CCOC2)nn1C. The molecule has 0 aromatic carbocycles. The second kappa shape index (κ2) is 4.41. The highest BCUT2D eigenvalue weighted by Crippen LogP contribution is 2.19. The zero-order valence-corrected chi connectivity index (χ0v) is 10.3. The molecule has 1 fully saturated rings. The van der Waals surface area contributed by atoms with Gasteiger partial charge >= 0.3 is 5.97 Å². The number of hydrogen-bond acceptors (Lipinski definition) is 4. The minimum Gasteiger partial charge on any atom is -0.479 e. The minimum absolute atomic E-state index is 0.0140. The molecule has 0 spiro atoms. The van der Waals surface area contributed by atoms with Crippen molar-refractivity contribution in [2.45, 2.75) is 18.9 Å². The summed E-state index contributed by atoms with van der Waals surface area (Å²) in [6.45, 7) is 2.13. The van der Waals surface area contributed by atoms with E-state index in [0.717, 1.165) is 5.69 Å². The van der Waals surface area contributed by atoms with Crippen LogP contribution in [0.5, 0.6) is 0 Å². The Hall–Kier alpha value is -1.89. The van der Waals surface area contributed by atoms with Gasteiger partial charge in [0.2, 0.25) is 0 Å². The molecule has 0 aliphatic carbocycles. The molecule has 18 heavy (non-hydrogen) atoms. The summed E-state index contributed by atoms with van der Waals surface area (Å²) in [5.74, 6) is -1.58. The van der Waals surface area contributed by atoms with Crippen molar-refractivity contribution in [2.75, 3.05) is 13.2 Å². The number of ether oxygens (including phenoxy) is 1. The van der Waals surface area contributed by atoms with E-state index in [-0.39, 0.29) is 18.7 Å². The molecule has 0 bridgehead atoms. The molecule has 1 aliphatic rings. The van der Waals surface area contributed by atoms with E-state index in [2.05, 4.69) is 10.4 Å². The summed E-state index contributed by atoms with van der Waals surface area (Å²) in [6.07, 6.45) is 0.264. The van der Waals surface area contributed by atoms with Gasteiger partial charge in [0.25, 0.3) is 5.91 Å². The van der Waals surface area contributed by atoms with Crippen LogP contribution in [-0.2, 0) is 16.6 Å². The fourth-order valence-electron chi connectivity index (χ4n) is 1.84. The molecule has 1 aliphatic heterocycles. The van der Waals surface area contributed by atoms with Gasteiger partial charge in [-0.1, -0.05) is 0 Å². The standard InChI is InChI=1S/C11H15N3O4/c1-7-5-8(13-14(7)2)9(15)12-11(10(16)17)3-4-18-6-11/h5H,3-4,6H2,1-2H3,(H,12,15)(H,16,17). The van der Waals surface area contributed by atoms with Gasteiger partial charge in [-0.25, -0.2) is 4.79 Å². The van der Waals surface area contributed by atoms with E-state index in [0.29, 0.717) is 6.61 Å². The van der Waals surface area contributed by atoms with Crippen molar-refractivity contribution in [1.82, 2.24) is 15.1 Å². The van der Waals surface area contributed by atoms with Crippen LogP contribution in [0.1, 0.15) is 22.6 Å². The maximum absolute atomic E-state index is 12.0. The number of rotatable bonds is 3. The second-order valence-electron chi connectivity index (χ2n) is 4.44. The van der Waals surface area contributed by atoms with Crippen molar-refractivity contribution in [3.8, 4) is 0 Å². The summed E-state index contributed by atoms with van der Waals surface area (Å²) in [5, 5.41) is 15.7. The maximum atomic E-state index is 12.0. The van der Waals surface area contributed by atoms with E-state index >= 15 is 0 Å². The van der Waals surface area contributed by atoms with Gasteiger partial charge in [0.05, 0.1) is 6.61 Å². The van der Waals surface area contributed by atoms with Gasteiger partial charge < -0.3 is 15.2 Å². The fourth-order valence-corrected chi connectivity index (χ4v) is 1.84. The van der Waals surface area contributed by atoms with Crippen LogP contribution in [0.15, 0.2) is 6.07 Å². The van der Waals surface area contributed by atoms with Crippen molar-refractivity contribution in [3.05, 3.63) is 17.5 Å². The molecule has 2 N–H and O–H groups in total. The Morgan fingerprint density at radius 1 is 1.61 bits per heavy atom. The van der Waals surface area contributed by atoms with Gasteiger partial charge in [-0.05, 0) is 13.0 Å². The molecule has 1 amide bonds. The third-order valence-corrected chi connectivity index (χ3v) is 3.13. The fraction of sp³-hybridized carbons (Fsp3) is 0.545. The summed E-state index contributed by atoms with van der Waals surface area (Å²) in [6, 6.07) is 1.61. The van der Waals surface area contributed by atoms with Crippen LogP contribution in [0, 0.1) is 6.92 Å². The summed E-state index contributed by atoms with van der Waals surface area (Å²) in [5.41, 5.74) is -0.294. The Morgan fingerprint density at radius 3 is 2.78 bits per heavy atom. The van der Waals surface area contributed by atoms with E-state index in [1.54, 1.807) is 17.8 Å². The lowest BCUT2D eigenvalue weighted by Gasteiger charge is -2.22. The lowest BCUT2D eigenvalue weighted by molar-refractivity contribution is -0.144. The highest BCUT2D eigenvalue weighted by Gasteiger charge is 2.44. The Labute approximate surface area is 104 Å². The first-order valence-electron chi connectivity index (χ1n) is 5.59. The van der Waals surface area contributed by atoms with Gasteiger partial charge in [0.1, 0.15) is 5.69 Å². The van der Waals surface area contributed by atoms with E-state index in [4.69, 9.17) is 4.74 Å². The largest absolute Gasteiger partial charge is 0.479 e. The lowest BCUT2D eigenvalue weighted by atomic mass is 9.99. The molecule has 7 nitrogen and oxygen atoms in total. The number of nitrogens with one attached hydrogen (secondary N) is 1. The van der Waals surface area contributed by atoms with Crippen molar-refractivity contribution >= 4 is 11.9 Å². The molecule has 98 valence electrons. The first-order valence-corrected chi connectivity index (χ1v) is 5.59. The molecule has 1 saturated heterocycles. The van der Waals surface area contributed by atoms with Crippen molar-refractivity contribution in [3.63, 3.8) is 0 Å². The third kappa shape index (κ3) is 2.08. The van der Waals surface area contributed by atoms with Gasteiger partial charge in [0.15, 0.2) is 5.54 Å². The molecule has 1 aromatic rings. The van der Waals surface area contributed by atoms with Crippen LogP contribution in [0.3, 0.4) is 0 Å². The molecule has 1 atom stereocenters. The van der Waals surface area contributed by atoms with E-state index in [1.165, 1.54) is 0 Å². The average molecular weight is 253 g/mol. The zero-order chi connectivity index (χ0) is 13.3. The molecule has 2 heterocycles. The maximum Gasteiger partial charge on any atom is 0.331 e. The molecule has 7 heteroatoms. The normalized spacial score (nSPS) is 23.0. The van der Waals surface area contributed by atoms with Gasteiger partial charge in [-0.3, -0.25) is 9.48 Å². The molecule has 1 unspecified atom stereocenters. The predicted octanol–water partition coefficient (Wildman–Crippen LogP) is -0.298. The van der Waals surface area contributed by atoms with Crippen LogP contribution in [0.4, 0.5) is 0 Å². The highest BCUT2D eigenvalue weighted by molar-refractivity contribution is 5.96. The number of carbonyl (C=O) groups excluding carboxylic acids is 1. The van der Waals surface area contributed by atoms with E-state index < -0.39 is 17.4 Å². The van der Waals surface area contributed by atoms with Crippen LogP contribution < -0.4 is 5.32 Å². The summed E-state index contributed by atoms with van der Waals surface area (Å²) >= 11 is 0. The number of amides is 1. The number of nitrogens with zero attached hydrogens (tertiary/aromatic N) is 2. The summed E-state index contributed by atoms with van der Waals surface area (Å²) in [4.78, 5) is 23.2. The Bertz CT molecular complexity index is 469. The van der Waals surface area contributed by atoms with E-state index in [1.807, 2.05) is 6.92 Å². The van der Waals surface area contributed by atoms with Gasteiger partial charge in [-0.2, -0.15) is 5.10 Å². The topological polar surface area (TPSA) is 93.5 Å². The Balaban J connectivity index is 2.17. The van der Waals surface area contributed by atoms with Gasteiger partial charge in [0, 0.05) is 25.8 Å². The highest BCUT2D eigenvalue weighted by atomic mass is 16.5. The molecular formula is C11H15N3O4. The first kappa shape index (κ1) is 12.6. The Kier molecular flexibility index (Phi) is 3.08. The van der Waals surface area contributed by atoms with Crippen molar-refractivity contribution in [1.29, 1.82) is 0 Å². The number of carboxylic acids is 1. The van der Waals surface area contributed by atoms with Crippen molar-refractivity contribution in [2.24, 2.45) is 7.05 Å². The number of aromatic nitrogens is 2. The van der Waals surface area contributed by atoms with E-state index in [9.17, 15) is 14.7 Å². The number of carbonyl (C=O) groups is 2. The molecular weight excluding hydrogens is 238 g/mol. The van der Waals surface area contributed by atoms with Crippen LogP contribution in [-0.4, -0.2) is 45.5 Å². The van der Waals surface area contributed by atoms with Crippen LogP contribution >= 0.6 is 0 Å². The Morgan fingerprint density at radius 2 is 2.33 bits per heavy atom. The summed E-state index contributed by atoms with van der Waals surface area (Å²) < 4.78 is 6.63. The number of aryl methyl sites for hydroxylation is 2. The van der Waals surface area contributed by atoms with Crippen molar-refractivity contribution < 1.29 is 19.4 Å². The smallest absolute Gasteiger partial charge is 0.331 e. The monoisotopic (exact) mass is 253 g/mol. The number of hydrogen-bond donors (Lipinski definition) is 2. The average Bonchev–Trinajstić information content (AvgIpc) is 2.88. The molecule has 0 saturated carbocycles. The zero-order valence-electron chi connectivity index (χ0n) is 10.3. The minimum atomic E-state index is -1.33. The van der Waals surface area contributed by atoms with Crippen LogP contribution in [0.2, 0.25) is 0 Å². The predicted molar refractivity (Wildman–Crippen MR) is 61.2 cm³/mol. The first-order chi connectivity index (χ1) is 8.44. The van der Waals surface area contributed by atoms with Crippen LogP contribution in [0.25, 0.3) is 0 Å². The number of carboxylic acid groups (broad SMARTS) is 1. The summed E-state index contributed by atoms with van der Waals surface area (Å²) in [7, 11) is 1.72. The lowest BCUT2D eigenvalue weighted by Crippen LogP contribution is -2.55. The number of aliphatic carboxylic acids is 1. The van der Waals surface area contributed by atoms with Gasteiger partial charge in [-0.15, -0.1) is 0 Å². The molecule has 1 aromatic heterocycles. The third-order valence-electron chi connectivity index (χ3n) is 3.13. The molecule has 0 radical (unpaired) electrons. The quantitative estimate of drug-likeness (QED) is 0.771. The second-order valence-corrected chi connectivity index (χ2v) is 4.44.